The molecule has 1 spiro atoms. The van der Waals surface area contributed by atoms with Crippen molar-refractivity contribution >= 4 is 5.91 Å². The zero-order valence-electron chi connectivity index (χ0n) is 17.3. The van der Waals surface area contributed by atoms with Crippen molar-refractivity contribution in [3.8, 4) is 0 Å². The SMILES string of the molecule is Cc1[nH]nc(CCC(=O)N2CC[C@@]3(CCCN(CC(C)(C)C)C3)C2)c1C. The second kappa shape index (κ2) is 7.34. The number of piperidine rings is 1. The number of hydrogen-bond acceptors (Lipinski definition) is 3. The molecule has 0 aliphatic carbocycles. The summed E-state index contributed by atoms with van der Waals surface area (Å²) in [6.45, 7) is 16.5. The van der Waals surface area contributed by atoms with Crippen LogP contribution in [-0.4, -0.2) is 58.6 Å². The number of carbonyl (C=O) groups excluding carboxylic acids is 1. The van der Waals surface area contributed by atoms with E-state index in [4.69, 9.17) is 0 Å². The zero-order valence-corrected chi connectivity index (χ0v) is 17.3. The number of likely N-dealkylation sites (tertiary alicyclic amines) is 2. The van der Waals surface area contributed by atoms with Gasteiger partial charge in [-0.3, -0.25) is 9.89 Å². The molecule has 0 unspecified atom stereocenters. The zero-order chi connectivity index (χ0) is 18.9. The van der Waals surface area contributed by atoms with Crippen LogP contribution in [0.3, 0.4) is 0 Å². The van der Waals surface area contributed by atoms with Gasteiger partial charge in [-0.05, 0) is 50.6 Å². The van der Waals surface area contributed by atoms with E-state index in [0.717, 1.165) is 44.0 Å². The van der Waals surface area contributed by atoms with Gasteiger partial charge in [-0.25, -0.2) is 0 Å². The number of hydrogen-bond donors (Lipinski definition) is 1. The molecule has 2 saturated heterocycles. The van der Waals surface area contributed by atoms with Crippen LogP contribution in [0.1, 0.15) is 63.4 Å². The molecule has 1 aromatic heterocycles. The lowest BCUT2D eigenvalue weighted by molar-refractivity contribution is -0.130. The first-order valence-electron chi connectivity index (χ1n) is 10.2. The summed E-state index contributed by atoms with van der Waals surface area (Å²) < 4.78 is 0. The highest BCUT2D eigenvalue weighted by Gasteiger charge is 2.42. The van der Waals surface area contributed by atoms with Gasteiger partial charge in [0.25, 0.3) is 0 Å². The summed E-state index contributed by atoms with van der Waals surface area (Å²) in [5, 5.41) is 7.36. The van der Waals surface area contributed by atoms with Gasteiger partial charge in [0.15, 0.2) is 0 Å². The summed E-state index contributed by atoms with van der Waals surface area (Å²) in [5.74, 6) is 0.301. The van der Waals surface area contributed by atoms with Crippen LogP contribution in [0.4, 0.5) is 0 Å². The third kappa shape index (κ3) is 4.48. The molecule has 5 nitrogen and oxygen atoms in total. The number of amides is 1. The lowest BCUT2D eigenvalue weighted by Crippen LogP contribution is -2.47. The fourth-order valence-corrected chi connectivity index (χ4v) is 4.76. The van der Waals surface area contributed by atoms with E-state index in [0.29, 0.717) is 23.2 Å². The molecule has 0 bridgehead atoms. The van der Waals surface area contributed by atoms with Crippen LogP contribution in [0, 0.1) is 24.7 Å². The van der Waals surface area contributed by atoms with Gasteiger partial charge in [0.2, 0.25) is 5.91 Å². The Kier molecular flexibility index (Phi) is 5.48. The van der Waals surface area contributed by atoms with E-state index < -0.39 is 0 Å². The summed E-state index contributed by atoms with van der Waals surface area (Å²) in [5.41, 5.74) is 4.01. The normalized spacial score (nSPS) is 24.6. The molecule has 1 atom stereocenters. The van der Waals surface area contributed by atoms with Crippen LogP contribution < -0.4 is 0 Å². The van der Waals surface area contributed by atoms with Crippen molar-refractivity contribution in [1.29, 1.82) is 0 Å². The first-order valence-corrected chi connectivity index (χ1v) is 10.2. The van der Waals surface area contributed by atoms with Gasteiger partial charge < -0.3 is 9.80 Å². The highest BCUT2D eigenvalue weighted by atomic mass is 16.2. The summed E-state index contributed by atoms with van der Waals surface area (Å²) in [6, 6.07) is 0. The molecule has 26 heavy (non-hydrogen) atoms. The number of H-pyrrole nitrogens is 1. The van der Waals surface area contributed by atoms with E-state index in [2.05, 4.69) is 47.7 Å². The van der Waals surface area contributed by atoms with Gasteiger partial charge in [-0.2, -0.15) is 5.10 Å². The van der Waals surface area contributed by atoms with Gasteiger partial charge in [0.05, 0.1) is 5.69 Å². The fraction of sp³-hybridized carbons (Fsp3) is 0.810. The number of rotatable bonds is 4. The molecule has 1 amide bonds. The Hall–Kier alpha value is -1.36. The van der Waals surface area contributed by atoms with Crippen molar-refractivity contribution in [1.82, 2.24) is 20.0 Å². The fourth-order valence-electron chi connectivity index (χ4n) is 4.76. The minimum absolute atomic E-state index is 0.301. The van der Waals surface area contributed by atoms with Gasteiger partial charge >= 0.3 is 0 Å². The lowest BCUT2D eigenvalue weighted by Gasteiger charge is -2.42. The van der Waals surface area contributed by atoms with Crippen molar-refractivity contribution in [2.75, 3.05) is 32.7 Å². The van der Waals surface area contributed by atoms with Crippen molar-refractivity contribution in [3.63, 3.8) is 0 Å². The lowest BCUT2D eigenvalue weighted by atomic mass is 9.78. The average Bonchev–Trinajstić information content (AvgIpc) is 3.09. The minimum atomic E-state index is 0.301. The number of nitrogens with one attached hydrogen (secondary N) is 1. The smallest absolute Gasteiger partial charge is 0.222 e. The molecule has 2 aliphatic heterocycles. The highest BCUT2D eigenvalue weighted by molar-refractivity contribution is 5.76. The molecule has 2 fully saturated rings. The Morgan fingerprint density at radius 1 is 1.19 bits per heavy atom. The minimum Gasteiger partial charge on any atom is -0.342 e. The summed E-state index contributed by atoms with van der Waals surface area (Å²) in [4.78, 5) is 17.5. The van der Waals surface area contributed by atoms with E-state index in [1.807, 2.05) is 6.92 Å². The molecule has 1 aromatic rings. The number of aryl methyl sites for hydroxylation is 2. The summed E-state index contributed by atoms with van der Waals surface area (Å²) in [7, 11) is 0. The van der Waals surface area contributed by atoms with Gasteiger partial charge in [-0.1, -0.05) is 20.8 Å². The number of carbonyl (C=O) groups is 1. The molecule has 2 aliphatic rings. The first-order chi connectivity index (χ1) is 12.2. The number of aromatic amines is 1. The molecule has 146 valence electrons. The largest absolute Gasteiger partial charge is 0.342 e. The van der Waals surface area contributed by atoms with Gasteiger partial charge in [-0.15, -0.1) is 0 Å². The maximum Gasteiger partial charge on any atom is 0.222 e. The van der Waals surface area contributed by atoms with E-state index in [9.17, 15) is 4.79 Å². The number of nitrogens with zero attached hydrogens (tertiary/aromatic N) is 3. The topological polar surface area (TPSA) is 52.2 Å². The van der Waals surface area contributed by atoms with E-state index >= 15 is 0 Å². The van der Waals surface area contributed by atoms with Crippen molar-refractivity contribution in [3.05, 3.63) is 17.0 Å². The summed E-state index contributed by atoms with van der Waals surface area (Å²) in [6.07, 6.45) is 5.03. The Balaban J connectivity index is 1.54. The molecular formula is C21H36N4O. The van der Waals surface area contributed by atoms with Crippen molar-refractivity contribution in [2.24, 2.45) is 10.8 Å². The molecule has 3 heterocycles. The van der Waals surface area contributed by atoms with Crippen LogP contribution in [0.25, 0.3) is 0 Å². The maximum absolute atomic E-state index is 12.7. The van der Waals surface area contributed by atoms with Crippen LogP contribution in [0.2, 0.25) is 0 Å². The second-order valence-corrected chi connectivity index (χ2v) is 9.86. The molecule has 0 saturated carbocycles. The molecule has 1 N–H and O–H groups in total. The Morgan fingerprint density at radius 2 is 1.96 bits per heavy atom. The van der Waals surface area contributed by atoms with Crippen LogP contribution in [0.15, 0.2) is 0 Å². The third-order valence-electron chi connectivity index (χ3n) is 6.16. The van der Waals surface area contributed by atoms with Crippen molar-refractivity contribution < 1.29 is 4.79 Å². The maximum atomic E-state index is 12.7. The third-order valence-corrected chi connectivity index (χ3v) is 6.16. The monoisotopic (exact) mass is 360 g/mol. The van der Waals surface area contributed by atoms with Gasteiger partial charge in [0, 0.05) is 50.1 Å². The molecular weight excluding hydrogens is 324 g/mol. The highest BCUT2D eigenvalue weighted by Crippen LogP contribution is 2.39. The first kappa shape index (κ1) is 19.4. The van der Waals surface area contributed by atoms with E-state index in [-0.39, 0.29) is 0 Å². The standard InChI is InChI=1S/C21H36N4O/c1-16-17(2)22-23-18(16)7-8-19(26)25-12-10-21(15-25)9-6-11-24(14-21)13-20(3,4)5/h6-15H2,1-5H3,(H,22,23)/t21-/m1/s1. The Bertz CT molecular complexity index is 645. The average molecular weight is 361 g/mol. The van der Waals surface area contributed by atoms with Crippen LogP contribution in [0.5, 0.6) is 0 Å². The predicted molar refractivity (Wildman–Crippen MR) is 105 cm³/mol. The Morgan fingerprint density at radius 3 is 2.62 bits per heavy atom. The van der Waals surface area contributed by atoms with E-state index in [1.54, 1.807) is 0 Å². The summed E-state index contributed by atoms with van der Waals surface area (Å²) >= 11 is 0. The molecule has 0 radical (unpaired) electrons. The van der Waals surface area contributed by atoms with Crippen LogP contribution in [-0.2, 0) is 11.2 Å². The Labute approximate surface area is 158 Å². The predicted octanol–water partition coefficient (Wildman–Crippen LogP) is 3.32. The van der Waals surface area contributed by atoms with Crippen molar-refractivity contribution in [2.45, 2.75) is 66.7 Å². The second-order valence-electron chi connectivity index (χ2n) is 9.86. The molecule has 5 heteroatoms. The quantitative estimate of drug-likeness (QED) is 0.896. The van der Waals surface area contributed by atoms with E-state index in [1.165, 1.54) is 31.4 Å². The molecule has 3 rings (SSSR count). The van der Waals surface area contributed by atoms with Gasteiger partial charge in [0.1, 0.15) is 0 Å². The van der Waals surface area contributed by atoms with Crippen LogP contribution >= 0.6 is 0 Å². The molecule has 0 aromatic carbocycles. The number of aromatic nitrogens is 2.